The molecule has 2 nitrogen and oxygen atoms in total. The summed E-state index contributed by atoms with van der Waals surface area (Å²) in [7, 11) is 0. The van der Waals surface area contributed by atoms with E-state index in [1.807, 2.05) is 0 Å². The Morgan fingerprint density at radius 2 is 2.33 bits per heavy atom. The molecule has 0 spiro atoms. The molecule has 2 N–H and O–H groups in total. The van der Waals surface area contributed by atoms with E-state index in [9.17, 15) is 0 Å². The number of hydrogen-bond acceptors (Lipinski definition) is 2. The van der Waals surface area contributed by atoms with Crippen LogP contribution in [-0.2, 0) is 11.3 Å². The van der Waals surface area contributed by atoms with Gasteiger partial charge in [0.15, 0.2) is 0 Å². The molecule has 2 rings (SSSR count). The lowest BCUT2D eigenvalue weighted by atomic mass is 9.96. The van der Waals surface area contributed by atoms with E-state index in [2.05, 4.69) is 25.1 Å². The summed E-state index contributed by atoms with van der Waals surface area (Å²) in [5, 5.41) is 0. The van der Waals surface area contributed by atoms with Crippen molar-refractivity contribution in [2.75, 3.05) is 6.61 Å². The van der Waals surface area contributed by atoms with E-state index >= 15 is 0 Å². The summed E-state index contributed by atoms with van der Waals surface area (Å²) >= 11 is 0. The maximum Gasteiger partial charge on any atom is 0.0723 e. The van der Waals surface area contributed by atoms with E-state index in [4.69, 9.17) is 10.5 Å². The normalized spacial score (nSPS) is 22.0. The molecule has 0 saturated carbocycles. The summed E-state index contributed by atoms with van der Waals surface area (Å²) in [5.41, 5.74) is 9.70. The molecule has 64 valence electrons. The number of ether oxygens (including phenoxy) is 1. The fourth-order valence-corrected chi connectivity index (χ4v) is 1.65. The van der Waals surface area contributed by atoms with Gasteiger partial charge in [-0.1, -0.05) is 18.2 Å². The van der Waals surface area contributed by atoms with Crippen molar-refractivity contribution in [2.24, 2.45) is 5.73 Å². The predicted molar refractivity (Wildman–Crippen MR) is 47.8 cm³/mol. The number of fused-ring (bicyclic) bond motifs is 1. The fraction of sp³-hybridized carbons (Fsp3) is 0.400. The molecule has 1 aliphatic heterocycles. The van der Waals surface area contributed by atoms with Gasteiger partial charge in [-0.25, -0.2) is 0 Å². The van der Waals surface area contributed by atoms with Gasteiger partial charge in [0.05, 0.1) is 19.3 Å². The average Bonchev–Trinajstić information content (AvgIpc) is 2.07. The van der Waals surface area contributed by atoms with Crippen LogP contribution in [0.15, 0.2) is 18.2 Å². The predicted octanol–water partition coefficient (Wildman–Crippen LogP) is 1.53. The highest BCUT2D eigenvalue weighted by molar-refractivity contribution is 5.37. The number of benzene rings is 1. The SMILES string of the molecule is Cc1cccc2c1COC[C@H]2N. The second-order valence-electron chi connectivity index (χ2n) is 3.26. The van der Waals surface area contributed by atoms with Gasteiger partial charge < -0.3 is 10.5 Å². The van der Waals surface area contributed by atoms with Crippen molar-refractivity contribution in [3.63, 3.8) is 0 Å². The van der Waals surface area contributed by atoms with Crippen molar-refractivity contribution < 1.29 is 4.74 Å². The zero-order valence-electron chi connectivity index (χ0n) is 7.21. The molecule has 12 heavy (non-hydrogen) atoms. The largest absolute Gasteiger partial charge is 0.375 e. The van der Waals surface area contributed by atoms with Gasteiger partial charge in [0.2, 0.25) is 0 Å². The Bertz CT molecular complexity index is 296. The van der Waals surface area contributed by atoms with Crippen molar-refractivity contribution in [3.8, 4) is 0 Å². The molecule has 0 radical (unpaired) electrons. The summed E-state index contributed by atoms with van der Waals surface area (Å²) in [6.07, 6.45) is 0. The van der Waals surface area contributed by atoms with Crippen LogP contribution < -0.4 is 5.73 Å². The Hall–Kier alpha value is -0.860. The molecule has 0 aromatic heterocycles. The van der Waals surface area contributed by atoms with Gasteiger partial charge in [-0.3, -0.25) is 0 Å². The van der Waals surface area contributed by atoms with Crippen LogP contribution in [0.2, 0.25) is 0 Å². The van der Waals surface area contributed by atoms with Crippen molar-refractivity contribution in [1.82, 2.24) is 0 Å². The zero-order valence-corrected chi connectivity index (χ0v) is 7.21. The molecule has 0 amide bonds. The molecule has 1 atom stereocenters. The molecule has 0 fully saturated rings. The average molecular weight is 163 g/mol. The summed E-state index contributed by atoms with van der Waals surface area (Å²) < 4.78 is 5.36. The number of rotatable bonds is 0. The van der Waals surface area contributed by atoms with Crippen LogP contribution >= 0.6 is 0 Å². The Morgan fingerprint density at radius 3 is 3.08 bits per heavy atom. The van der Waals surface area contributed by atoms with Crippen molar-refractivity contribution >= 4 is 0 Å². The first-order valence-corrected chi connectivity index (χ1v) is 4.21. The fourth-order valence-electron chi connectivity index (χ4n) is 1.65. The number of nitrogens with two attached hydrogens (primary N) is 1. The maximum atomic E-state index is 5.89. The van der Waals surface area contributed by atoms with E-state index < -0.39 is 0 Å². The lowest BCUT2D eigenvalue weighted by Gasteiger charge is -2.23. The van der Waals surface area contributed by atoms with E-state index in [1.165, 1.54) is 16.7 Å². The smallest absolute Gasteiger partial charge is 0.0723 e. The second-order valence-corrected chi connectivity index (χ2v) is 3.26. The van der Waals surface area contributed by atoms with E-state index in [1.54, 1.807) is 0 Å². The maximum absolute atomic E-state index is 5.89. The molecule has 1 aliphatic rings. The van der Waals surface area contributed by atoms with Crippen LogP contribution in [0.25, 0.3) is 0 Å². The first-order valence-electron chi connectivity index (χ1n) is 4.21. The number of hydrogen-bond donors (Lipinski definition) is 1. The second kappa shape index (κ2) is 2.88. The van der Waals surface area contributed by atoms with Gasteiger partial charge in [-0.15, -0.1) is 0 Å². The first kappa shape index (κ1) is 7.77. The highest BCUT2D eigenvalue weighted by atomic mass is 16.5. The third-order valence-corrected chi connectivity index (χ3v) is 2.39. The Balaban J connectivity index is 2.52. The minimum absolute atomic E-state index is 0.0636. The highest BCUT2D eigenvalue weighted by Crippen LogP contribution is 2.25. The van der Waals surface area contributed by atoms with Crippen molar-refractivity contribution in [1.29, 1.82) is 0 Å². The Kier molecular flexibility index (Phi) is 1.87. The van der Waals surface area contributed by atoms with Crippen LogP contribution in [0.4, 0.5) is 0 Å². The topological polar surface area (TPSA) is 35.2 Å². The first-order chi connectivity index (χ1) is 5.79. The monoisotopic (exact) mass is 163 g/mol. The van der Waals surface area contributed by atoms with Crippen LogP contribution in [0, 0.1) is 6.92 Å². The van der Waals surface area contributed by atoms with Crippen LogP contribution in [0.1, 0.15) is 22.7 Å². The van der Waals surface area contributed by atoms with Gasteiger partial charge >= 0.3 is 0 Å². The van der Waals surface area contributed by atoms with Crippen LogP contribution in [-0.4, -0.2) is 6.61 Å². The van der Waals surface area contributed by atoms with Crippen LogP contribution in [0.3, 0.4) is 0 Å². The van der Waals surface area contributed by atoms with Gasteiger partial charge in [0.1, 0.15) is 0 Å². The zero-order chi connectivity index (χ0) is 8.55. The lowest BCUT2D eigenvalue weighted by molar-refractivity contribution is 0.0919. The van der Waals surface area contributed by atoms with Gasteiger partial charge in [0.25, 0.3) is 0 Å². The molecule has 2 heteroatoms. The van der Waals surface area contributed by atoms with Gasteiger partial charge in [0, 0.05) is 0 Å². The molecular weight excluding hydrogens is 150 g/mol. The van der Waals surface area contributed by atoms with E-state index in [-0.39, 0.29) is 6.04 Å². The Labute approximate surface area is 72.3 Å². The van der Waals surface area contributed by atoms with Crippen molar-refractivity contribution in [2.45, 2.75) is 19.6 Å². The summed E-state index contributed by atoms with van der Waals surface area (Å²) in [6.45, 7) is 3.46. The molecule has 1 aromatic carbocycles. The van der Waals surface area contributed by atoms with Crippen LogP contribution in [0.5, 0.6) is 0 Å². The Morgan fingerprint density at radius 1 is 1.50 bits per heavy atom. The summed E-state index contributed by atoms with van der Waals surface area (Å²) in [6, 6.07) is 6.31. The standard InChI is InChI=1S/C10H13NO/c1-7-3-2-4-8-9(7)5-12-6-10(8)11/h2-4,10H,5-6,11H2,1H3/t10-/m1/s1. The quantitative estimate of drug-likeness (QED) is 0.629. The lowest BCUT2D eigenvalue weighted by Crippen LogP contribution is -2.24. The number of aryl methyl sites for hydroxylation is 1. The molecular formula is C10H13NO. The molecule has 0 unspecified atom stereocenters. The van der Waals surface area contributed by atoms with Gasteiger partial charge in [-0.05, 0) is 23.6 Å². The molecule has 0 bridgehead atoms. The molecule has 1 heterocycles. The minimum Gasteiger partial charge on any atom is -0.375 e. The summed E-state index contributed by atoms with van der Waals surface area (Å²) in [5.74, 6) is 0. The summed E-state index contributed by atoms with van der Waals surface area (Å²) in [4.78, 5) is 0. The minimum atomic E-state index is 0.0636. The van der Waals surface area contributed by atoms with Crippen molar-refractivity contribution in [3.05, 3.63) is 34.9 Å². The third-order valence-electron chi connectivity index (χ3n) is 2.39. The van der Waals surface area contributed by atoms with Gasteiger partial charge in [-0.2, -0.15) is 0 Å². The van der Waals surface area contributed by atoms with E-state index in [0.717, 1.165) is 6.61 Å². The highest BCUT2D eigenvalue weighted by Gasteiger charge is 2.17. The molecule has 0 aliphatic carbocycles. The van der Waals surface area contributed by atoms with E-state index in [0.29, 0.717) is 6.61 Å². The molecule has 1 aromatic rings. The third kappa shape index (κ3) is 1.13. The molecule has 0 saturated heterocycles.